The minimum Gasteiger partial charge on any atom is -0.441 e. The molecule has 0 bridgehead atoms. The van der Waals surface area contributed by atoms with Gasteiger partial charge in [0.15, 0.2) is 6.10 Å². The molecule has 5 atom stereocenters. The zero-order valence-corrected chi connectivity index (χ0v) is 12.1. The van der Waals surface area contributed by atoms with E-state index in [-0.39, 0.29) is 6.61 Å². The van der Waals surface area contributed by atoms with E-state index in [0.717, 1.165) is 5.56 Å². The van der Waals surface area contributed by atoms with Crippen molar-refractivity contribution in [3.63, 3.8) is 0 Å². The molecule has 2 saturated heterocycles. The number of nitrogens with one attached hydrogen (secondary N) is 1. The number of carbonyl (C=O) groups is 1. The topological polar surface area (TPSA) is 100 Å². The Morgan fingerprint density at radius 1 is 1.09 bits per heavy atom. The fraction of sp³-hybridized carbons (Fsp3) is 0.462. The molecule has 0 unspecified atom stereocenters. The normalized spacial score (nSPS) is 38.2. The van der Waals surface area contributed by atoms with Crippen LogP contribution in [-0.2, 0) is 34.8 Å². The molecule has 1 saturated carbocycles. The van der Waals surface area contributed by atoms with Gasteiger partial charge in [-0.25, -0.2) is 13.2 Å². The van der Waals surface area contributed by atoms with E-state index in [1.807, 2.05) is 30.3 Å². The molecule has 0 spiro atoms. The second kappa shape index (κ2) is 4.92. The van der Waals surface area contributed by atoms with Crippen molar-refractivity contribution in [2.45, 2.75) is 37.1 Å². The Morgan fingerprint density at radius 2 is 1.82 bits per heavy atom. The predicted octanol–water partition coefficient (Wildman–Crippen LogP) is 0.0912. The molecule has 8 nitrogen and oxygen atoms in total. The molecule has 22 heavy (non-hydrogen) atoms. The number of carbonyl (C=O) groups excluding carboxylic acids is 1. The van der Waals surface area contributed by atoms with Gasteiger partial charge in [0.25, 0.3) is 0 Å². The van der Waals surface area contributed by atoms with E-state index in [4.69, 9.17) is 17.8 Å². The van der Waals surface area contributed by atoms with Gasteiger partial charge in [0.1, 0.15) is 24.4 Å². The molecule has 2 heterocycles. The van der Waals surface area contributed by atoms with Crippen molar-refractivity contribution in [1.29, 1.82) is 0 Å². The average molecular weight is 327 g/mol. The van der Waals surface area contributed by atoms with Crippen LogP contribution >= 0.6 is 0 Å². The molecule has 1 amide bonds. The third kappa shape index (κ3) is 2.26. The Morgan fingerprint density at radius 3 is 2.59 bits per heavy atom. The van der Waals surface area contributed by atoms with E-state index < -0.39 is 46.9 Å². The second-order valence-corrected chi connectivity index (χ2v) is 6.53. The van der Waals surface area contributed by atoms with E-state index in [0.29, 0.717) is 0 Å². The maximum atomic E-state index is 11.5. The average Bonchev–Trinajstić information content (AvgIpc) is 3.06. The summed E-state index contributed by atoms with van der Waals surface area (Å²) in [5, 5.41) is 2.54. The Bertz CT molecular complexity index is 692. The molecule has 118 valence electrons. The molecule has 1 aromatic rings. The maximum absolute atomic E-state index is 11.5. The molecule has 9 heteroatoms. The molecule has 0 aromatic heterocycles. The van der Waals surface area contributed by atoms with Crippen LogP contribution in [0.5, 0.6) is 0 Å². The summed E-state index contributed by atoms with van der Waals surface area (Å²) in [4.78, 5) is 11.4. The number of hydrogen-bond donors (Lipinski definition) is 1. The van der Waals surface area contributed by atoms with Crippen LogP contribution in [0.3, 0.4) is 0 Å². The van der Waals surface area contributed by atoms with Crippen molar-refractivity contribution in [2.75, 3.05) is 0 Å². The van der Waals surface area contributed by atoms with Crippen molar-refractivity contribution in [1.82, 2.24) is 5.32 Å². The lowest BCUT2D eigenvalue weighted by Crippen LogP contribution is -2.39. The summed E-state index contributed by atoms with van der Waals surface area (Å²) in [6, 6.07) is 8.78. The number of ether oxygens (including phenoxy) is 2. The number of alkyl carbamates (subject to hydrolysis) is 1. The van der Waals surface area contributed by atoms with Crippen LogP contribution in [0, 0.1) is 0 Å². The molecule has 0 radical (unpaired) electrons. The number of amides is 1. The first kappa shape index (κ1) is 13.9. The quantitative estimate of drug-likeness (QED) is 0.840. The van der Waals surface area contributed by atoms with Crippen LogP contribution < -0.4 is 5.32 Å². The number of rotatable bonds is 3. The highest BCUT2D eigenvalue weighted by molar-refractivity contribution is 7.82. The Hall–Kier alpha value is -1.68. The predicted molar refractivity (Wildman–Crippen MR) is 70.9 cm³/mol. The van der Waals surface area contributed by atoms with Gasteiger partial charge in [-0.3, -0.25) is 0 Å². The van der Waals surface area contributed by atoms with Crippen LogP contribution in [0.4, 0.5) is 4.79 Å². The fourth-order valence-electron chi connectivity index (χ4n) is 3.04. The molecule has 4 rings (SSSR count). The fourth-order valence-corrected chi connectivity index (χ4v) is 4.08. The van der Waals surface area contributed by atoms with E-state index in [1.165, 1.54) is 0 Å². The Kier molecular flexibility index (Phi) is 3.12. The summed E-state index contributed by atoms with van der Waals surface area (Å²) in [5.74, 6) is 0. The molecule has 1 aromatic carbocycles. The van der Waals surface area contributed by atoms with Crippen molar-refractivity contribution < 1.29 is 31.1 Å². The highest BCUT2D eigenvalue weighted by Gasteiger charge is 2.64. The molecule has 1 aliphatic carbocycles. The minimum absolute atomic E-state index is 0.249. The van der Waals surface area contributed by atoms with Gasteiger partial charge in [-0.05, 0) is 5.56 Å². The second-order valence-electron chi connectivity index (χ2n) is 5.33. The number of hydrogen-bond acceptors (Lipinski definition) is 7. The third-order valence-electron chi connectivity index (χ3n) is 3.95. The van der Waals surface area contributed by atoms with Gasteiger partial charge < -0.3 is 14.8 Å². The van der Waals surface area contributed by atoms with Crippen molar-refractivity contribution in [3.05, 3.63) is 35.9 Å². The highest BCUT2D eigenvalue weighted by Crippen LogP contribution is 2.40. The van der Waals surface area contributed by atoms with Gasteiger partial charge in [0.05, 0.1) is 6.61 Å². The lowest BCUT2D eigenvalue weighted by molar-refractivity contribution is -0.0634. The third-order valence-corrected chi connectivity index (χ3v) is 4.87. The molecule has 3 fully saturated rings. The van der Waals surface area contributed by atoms with E-state index in [2.05, 4.69) is 5.32 Å². The summed E-state index contributed by atoms with van der Waals surface area (Å²) in [7, 11) is -4.06. The highest BCUT2D eigenvalue weighted by atomic mass is 32.3. The minimum atomic E-state index is -4.06. The standard InChI is InChI=1S/C13H13NO7S/c15-13-14-8-9(19-13)11(12-10(8)20-22(16,17)21-12)18-6-7-4-2-1-3-5-7/h1-5,8-12H,6H2,(H,14,15)/t8-,9+,10-,11-,12-/m1/s1. The van der Waals surface area contributed by atoms with Crippen LogP contribution in [0.1, 0.15) is 5.56 Å². The first-order valence-electron chi connectivity index (χ1n) is 6.78. The van der Waals surface area contributed by atoms with Crippen LogP contribution in [-0.4, -0.2) is 45.0 Å². The van der Waals surface area contributed by atoms with Crippen LogP contribution in [0.25, 0.3) is 0 Å². The van der Waals surface area contributed by atoms with E-state index in [1.54, 1.807) is 0 Å². The number of fused-ring (bicyclic) bond motifs is 3. The summed E-state index contributed by atoms with van der Waals surface area (Å²) >= 11 is 0. The molecule has 1 N–H and O–H groups in total. The summed E-state index contributed by atoms with van der Waals surface area (Å²) < 4.78 is 43.7. The van der Waals surface area contributed by atoms with Gasteiger partial charge in [0, 0.05) is 0 Å². The van der Waals surface area contributed by atoms with Gasteiger partial charge in [-0.2, -0.15) is 8.42 Å². The zero-order chi connectivity index (χ0) is 15.3. The molecule has 2 aliphatic heterocycles. The van der Waals surface area contributed by atoms with Gasteiger partial charge >= 0.3 is 16.5 Å². The monoisotopic (exact) mass is 327 g/mol. The lowest BCUT2D eigenvalue weighted by Gasteiger charge is -2.20. The summed E-state index contributed by atoms with van der Waals surface area (Å²) in [5.41, 5.74) is 0.918. The van der Waals surface area contributed by atoms with E-state index >= 15 is 0 Å². The Labute approximate surface area is 126 Å². The van der Waals surface area contributed by atoms with Gasteiger partial charge in [-0.1, -0.05) is 30.3 Å². The molecule has 3 aliphatic rings. The van der Waals surface area contributed by atoms with Gasteiger partial charge in [-0.15, -0.1) is 0 Å². The lowest BCUT2D eigenvalue weighted by atomic mass is 10.2. The summed E-state index contributed by atoms with van der Waals surface area (Å²) in [6.45, 7) is 0.249. The van der Waals surface area contributed by atoms with Crippen LogP contribution in [0.15, 0.2) is 30.3 Å². The van der Waals surface area contributed by atoms with Crippen molar-refractivity contribution in [3.8, 4) is 0 Å². The van der Waals surface area contributed by atoms with Crippen LogP contribution in [0.2, 0.25) is 0 Å². The van der Waals surface area contributed by atoms with E-state index in [9.17, 15) is 13.2 Å². The number of benzene rings is 1. The first-order chi connectivity index (χ1) is 10.5. The maximum Gasteiger partial charge on any atom is 0.408 e. The Balaban J connectivity index is 1.55. The smallest absolute Gasteiger partial charge is 0.408 e. The molecular weight excluding hydrogens is 314 g/mol. The zero-order valence-electron chi connectivity index (χ0n) is 11.2. The van der Waals surface area contributed by atoms with Crippen molar-refractivity contribution in [2.24, 2.45) is 0 Å². The largest absolute Gasteiger partial charge is 0.441 e. The first-order valence-corrected chi connectivity index (χ1v) is 8.11. The van der Waals surface area contributed by atoms with Gasteiger partial charge in [0.2, 0.25) is 0 Å². The SMILES string of the molecule is O=C1N[C@H]2[C@H]3OS(=O)(=O)O[C@H]3[C@H](OCc3ccccc3)[C@H]2O1. The summed E-state index contributed by atoms with van der Waals surface area (Å²) in [6.07, 6.45) is -3.63. The van der Waals surface area contributed by atoms with Crippen molar-refractivity contribution >= 4 is 16.5 Å². The molecular formula is C13H13NO7S.